The van der Waals surface area contributed by atoms with Gasteiger partial charge in [0.25, 0.3) is 5.91 Å². The van der Waals surface area contributed by atoms with Gasteiger partial charge in [0.2, 0.25) is 10.0 Å². The minimum atomic E-state index is -4.11. The SMILES string of the molecule is CCNC(=O)c1cc(S(=O)(=O)N[C@@H](C(=O)O)c2ccccc2)c(C)s1. The van der Waals surface area contributed by atoms with Gasteiger partial charge in [-0.25, -0.2) is 8.42 Å². The van der Waals surface area contributed by atoms with Gasteiger partial charge in [-0.05, 0) is 25.5 Å². The smallest absolute Gasteiger partial charge is 0.326 e. The molecule has 7 nitrogen and oxygen atoms in total. The fourth-order valence-corrected chi connectivity index (χ4v) is 4.90. The molecule has 9 heteroatoms. The number of aliphatic carboxylic acids is 1. The maximum absolute atomic E-state index is 12.6. The molecule has 1 aromatic heterocycles. The second-order valence-electron chi connectivity index (χ2n) is 5.19. The van der Waals surface area contributed by atoms with Crippen molar-refractivity contribution in [2.45, 2.75) is 24.8 Å². The van der Waals surface area contributed by atoms with Gasteiger partial charge in [-0.2, -0.15) is 4.72 Å². The van der Waals surface area contributed by atoms with Crippen LogP contribution in [0, 0.1) is 6.92 Å². The van der Waals surface area contributed by atoms with Gasteiger partial charge in [0, 0.05) is 11.4 Å². The van der Waals surface area contributed by atoms with E-state index in [-0.39, 0.29) is 15.7 Å². The topological polar surface area (TPSA) is 113 Å². The maximum atomic E-state index is 12.6. The van der Waals surface area contributed by atoms with Crippen LogP contribution in [0.15, 0.2) is 41.3 Å². The zero-order valence-electron chi connectivity index (χ0n) is 13.6. The average molecular weight is 382 g/mol. The predicted octanol–water partition coefficient (Wildman–Crippen LogP) is 1.91. The van der Waals surface area contributed by atoms with Gasteiger partial charge in [-0.3, -0.25) is 9.59 Å². The minimum absolute atomic E-state index is 0.0964. The van der Waals surface area contributed by atoms with E-state index in [9.17, 15) is 23.1 Å². The summed E-state index contributed by atoms with van der Waals surface area (Å²) in [7, 11) is -4.11. The number of hydrogen-bond acceptors (Lipinski definition) is 5. The number of carbonyl (C=O) groups excluding carboxylic acids is 1. The molecule has 0 unspecified atom stereocenters. The molecule has 0 saturated heterocycles. The summed E-state index contributed by atoms with van der Waals surface area (Å²) < 4.78 is 27.5. The summed E-state index contributed by atoms with van der Waals surface area (Å²) in [6.45, 7) is 3.75. The van der Waals surface area contributed by atoms with Crippen molar-refractivity contribution >= 4 is 33.2 Å². The first-order valence-corrected chi connectivity index (χ1v) is 9.75. The van der Waals surface area contributed by atoms with Crippen LogP contribution in [0.2, 0.25) is 0 Å². The Kier molecular flexibility index (Phi) is 5.93. The number of amides is 1. The Morgan fingerprint density at radius 1 is 1.24 bits per heavy atom. The van der Waals surface area contributed by atoms with Crippen molar-refractivity contribution < 1.29 is 23.1 Å². The van der Waals surface area contributed by atoms with E-state index in [1.165, 1.54) is 18.2 Å². The molecule has 0 aliphatic heterocycles. The largest absolute Gasteiger partial charge is 0.480 e. The Hall–Kier alpha value is -2.23. The molecule has 0 fully saturated rings. The van der Waals surface area contributed by atoms with Gasteiger partial charge in [-0.15, -0.1) is 11.3 Å². The molecule has 0 bridgehead atoms. The zero-order chi connectivity index (χ0) is 18.6. The molecule has 0 aliphatic rings. The van der Waals surface area contributed by atoms with Crippen LogP contribution in [-0.2, 0) is 14.8 Å². The lowest BCUT2D eigenvalue weighted by atomic mass is 10.1. The van der Waals surface area contributed by atoms with E-state index in [0.29, 0.717) is 17.0 Å². The highest BCUT2D eigenvalue weighted by Gasteiger charge is 2.29. The van der Waals surface area contributed by atoms with E-state index in [0.717, 1.165) is 11.3 Å². The quantitative estimate of drug-likeness (QED) is 0.677. The summed E-state index contributed by atoms with van der Waals surface area (Å²) in [6, 6.07) is 7.86. The number of benzene rings is 1. The zero-order valence-corrected chi connectivity index (χ0v) is 15.3. The molecule has 1 atom stereocenters. The molecule has 3 N–H and O–H groups in total. The van der Waals surface area contributed by atoms with Crippen LogP contribution in [0.4, 0.5) is 0 Å². The second kappa shape index (κ2) is 7.77. The lowest BCUT2D eigenvalue weighted by molar-refractivity contribution is -0.139. The molecule has 2 rings (SSSR count). The van der Waals surface area contributed by atoms with Gasteiger partial charge in [-0.1, -0.05) is 30.3 Å². The lowest BCUT2D eigenvalue weighted by Gasteiger charge is -2.15. The number of sulfonamides is 1. The van der Waals surface area contributed by atoms with Gasteiger partial charge in [0.05, 0.1) is 9.77 Å². The molecule has 2 aromatic rings. The summed E-state index contributed by atoms with van der Waals surface area (Å²) in [4.78, 5) is 24.0. The Bertz CT molecular complexity index is 875. The number of hydrogen-bond donors (Lipinski definition) is 3. The number of rotatable bonds is 7. The minimum Gasteiger partial charge on any atom is -0.480 e. The normalized spacial score (nSPS) is 12.6. The summed E-state index contributed by atoms with van der Waals surface area (Å²) >= 11 is 1.04. The predicted molar refractivity (Wildman–Crippen MR) is 94.2 cm³/mol. The third kappa shape index (κ3) is 4.44. The highest BCUT2D eigenvalue weighted by molar-refractivity contribution is 7.89. The van der Waals surface area contributed by atoms with Crippen LogP contribution >= 0.6 is 11.3 Å². The first kappa shape index (κ1) is 19.1. The van der Waals surface area contributed by atoms with Crippen LogP contribution < -0.4 is 10.0 Å². The van der Waals surface area contributed by atoms with Crippen molar-refractivity contribution in [3.05, 3.63) is 51.7 Å². The second-order valence-corrected chi connectivity index (χ2v) is 8.13. The number of aryl methyl sites for hydroxylation is 1. The fourth-order valence-electron chi connectivity index (χ4n) is 2.22. The van der Waals surface area contributed by atoms with Crippen LogP contribution in [-0.4, -0.2) is 31.9 Å². The highest BCUT2D eigenvalue weighted by Crippen LogP contribution is 2.27. The molecule has 1 amide bonds. The van der Waals surface area contributed by atoms with Crippen molar-refractivity contribution in [3.8, 4) is 0 Å². The molecule has 0 spiro atoms. The van der Waals surface area contributed by atoms with Gasteiger partial charge in [0.1, 0.15) is 6.04 Å². The van der Waals surface area contributed by atoms with Crippen molar-refractivity contribution in [2.24, 2.45) is 0 Å². The molecule has 134 valence electrons. The monoisotopic (exact) mass is 382 g/mol. The van der Waals surface area contributed by atoms with Crippen LogP contribution in [0.5, 0.6) is 0 Å². The number of thiophene rings is 1. The van der Waals surface area contributed by atoms with Crippen molar-refractivity contribution in [2.75, 3.05) is 6.54 Å². The van der Waals surface area contributed by atoms with Gasteiger partial charge in [0.15, 0.2) is 0 Å². The van der Waals surface area contributed by atoms with E-state index >= 15 is 0 Å². The Balaban J connectivity index is 2.35. The van der Waals surface area contributed by atoms with Crippen LogP contribution in [0.1, 0.15) is 33.1 Å². The number of carbonyl (C=O) groups is 2. The maximum Gasteiger partial charge on any atom is 0.326 e. The van der Waals surface area contributed by atoms with Crippen LogP contribution in [0.25, 0.3) is 0 Å². The summed E-state index contributed by atoms with van der Waals surface area (Å²) in [5, 5.41) is 12.0. The van der Waals surface area contributed by atoms with Gasteiger partial charge >= 0.3 is 5.97 Å². The number of carboxylic acids is 1. The van der Waals surface area contributed by atoms with Gasteiger partial charge < -0.3 is 10.4 Å². The Morgan fingerprint density at radius 3 is 2.44 bits per heavy atom. The van der Waals surface area contributed by atoms with E-state index in [1.807, 2.05) is 0 Å². The first-order chi connectivity index (χ1) is 11.8. The molecule has 25 heavy (non-hydrogen) atoms. The Labute approximate surface area is 149 Å². The Morgan fingerprint density at radius 2 is 1.88 bits per heavy atom. The fraction of sp³-hybridized carbons (Fsp3) is 0.250. The van der Waals surface area contributed by atoms with Crippen LogP contribution in [0.3, 0.4) is 0 Å². The first-order valence-electron chi connectivity index (χ1n) is 7.45. The highest BCUT2D eigenvalue weighted by atomic mass is 32.2. The molecule has 1 aromatic carbocycles. The van der Waals surface area contributed by atoms with Crippen molar-refractivity contribution in [1.29, 1.82) is 0 Å². The lowest BCUT2D eigenvalue weighted by Crippen LogP contribution is -2.33. The number of nitrogens with one attached hydrogen (secondary N) is 2. The summed E-state index contributed by atoms with van der Waals surface area (Å²) in [6.07, 6.45) is 0. The van der Waals surface area contributed by atoms with E-state index < -0.39 is 22.0 Å². The third-order valence-electron chi connectivity index (χ3n) is 3.38. The van der Waals surface area contributed by atoms with E-state index in [1.54, 1.807) is 32.0 Å². The van der Waals surface area contributed by atoms with Crippen molar-refractivity contribution in [1.82, 2.24) is 10.0 Å². The molecule has 0 saturated carbocycles. The third-order valence-corrected chi connectivity index (χ3v) is 6.10. The van der Waals surface area contributed by atoms with E-state index in [4.69, 9.17) is 0 Å². The van der Waals surface area contributed by atoms with E-state index in [2.05, 4.69) is 10.0 Å². The molecule has 0 radical (unpaired) electrons. The number of carboxylic acid groups (broad SMARTS) is 1. The summed E-state index contributed by atoms with van der Waals surface area (Å²) in [5.41, 5.74) is 0.315. The average Bonchev–Trinajstić information content (AvgIpc) is 2.96. The molecule has 1 heterocycles. The molecular weight excluding hydrogens is 364 g/mol. The molecular formula is C16H18N2O5S2. The standard InChI is InChI=1S/C16H18N2O5S2/c1-3-17-15(19)12-9-13(10(2)24-12)25(22,23)18-14(16(20)21)11-7-5-4-6-8-11/h4-9,14,18H,3H2,1-2H3,(H,17,19)(H,20,21)/t14-/m1/s1. The summed E-state index contributed by atoms with van der Waals surface area (Å²) in [5.74, 6) is -1.68. The molecule has 0 aliphatic carbocycles. The van der Waals surface area contributed by atoms with Crippen molar-refractivity contribution in [3.63, 3.8) is 0 Å².